The Morgan fingerprint density at radius 3 is 2.58 bits per heavy atom. The molecule has 0 bridgehead atoms. The minimum absolute atomic E-state index is 0.101. The first-order valence-electron chi connectivity index (χ1n) is 8.82. The lowest BCUT2D eigenvalue weighted by molar-refractivity contribution is 0.227. The zero-order valence-corrected chi connectivity index (χ0v) is 15.1. The molecule has 2 aliphatic rings. The topological polar surface area (TPSA) is 61.4 Å². The van der Waals surface area contributed by atoms with E-state index >= 15 is 0 Å². The molecule has 132 valence electrons. The monoisotopic (exact) mass is 349 g/mol. The second kappa shape index (κ2) is 8.12. The fourth-order valence-corrected chi connectivity index (χ4v) is 4.24. The van der Waals surface area contributed by atoms with E-state index in [2.05, 4.69) is 15.5 Å². The van der Waals surface area contributed by atoms with Gasteiger partial charge in [0.2, 0.25) is 0 Å². The summed E-state index contributed by atoms with van der Waals surface area (Å²) in [6, 6.07) is 8.42. The van der Waals surface area contributed by atoms with Crippen LogP contribution in [0.3, 0.4) is 0 Å². The van der Waals surface area contributed by atoms with Crippen LogP contribution in [0.1, 0.15) is 37.7 Å². The van der Waals surface area contributed by atoms with Gasteiger partial charge in [0.1, 0.15) is 0 Å². The molecule has 2 amide bonds. The number of nitrogens with zero attached hydrogens (tertiary/aromatic N) is 1. The number of rotatable bonds is 5. The predicted molar refractivity (Wildman–Crippen MR) is 96.4 cm³/mol. The molecule has 2 fully saturated rings. The molecular formula is C18H27N3O2S. The van der Waals surface area contributed by atoms with Crippen molar-refractivity contribution in [2.24, 2.45) is 0 Å². The van der Waals surface area contributed by atoms with E-state index in [0.29, 0.717) is 6.54 Å². The molecule has 1 aliphatic heterocycles. The van der Waals surface area contributed by atoms with Gasteiger partial charge in [-0.2, -0.15) is 0 Å². The Morgan fingerprint density at radius 1 is 1.21 bits per heavy atom. The van der Waals surface area contributed by atoms with E-state index < -0.39 is 10.8 Å². The molecular weight excluding hydrogens is 322 g/mol. The molecule has 3 rings (SSSR count). The van der Waals surface area contributed by atoms with Gasteiger partial charge in [0.15, 0.2) is 0 Å². The van der Waals surface area contributed by atoms with Gasteiger partial charge in [0.25, 0.3) is 0 Å². The highest BCUT2D eigenvalue weighted by atomic mass is 32.2. The minimum atomic E-state index is -0.962. The summed E-state index contributed by atoms with van der Waals surface area (Å²) >= 11 is 0. The number of carbonyl (C=O) groups excluding carboxylic acids is 1. The van der Waals surface area contributed by atoms with Crippen LogP contribution in [0, 0.1) is 0 Å². The molecule has 5 nitrogen and oxygen atoms in total. The second-order valence-corrected chi connectivity index (χ2v) is 8.22. The van der Waals surface area contributed by atoms with Crippen molar-refractivity contribution < 1.29 is 9.00 Å². The van der Waals surface area contributed by atoms with Crippen molar-refractivity contribution in [1.82, 2.24) is 15.5 Å². The van der Waals surface area contributed by atoms with E-state index in [4.69, 9.17) is 0 Å². The van der Waals surface area contributed by atoms with Gasteiger partial charge in [-0.05, 0) is 37.0 Å². The zero-order chi connectivity index (χ0) is 16.9. The SMILES string of the molecule is C[S@@](=O)c1ccc(CNC(=O)N[C@@H]2CCN(C3CCCC3)C2)cc1. The number of amides is 2. The van der Waals surface area contributed by atoms with Gasteiger partial charge >= 0.3 is 6.03 Å². The number of hydrogen-bond acceptors (Lipinski definition) is 3. The van der Waals surface area contributed by atoms with Gasteiger partial charge in [-0.15, -0.1) is 0 Å². The minimum Gasteiger partial charge on any atom is -0.334 e. The number of carbonyl (C=O) groups is 1. The lowest BCUT2D eigenvalue weighted by Gasteiger charge is -2.23. The van der Waals surface area contributed by atoms with Crippen molar-refractivity contribution >= 4 is 16.8 Å². The summed E-state index contributed by atoms with van der Waals surface area (Å²) in [5.41, 5.74) is 1.01. The van der Waals surface area contributed by atoms with Crippen molar-refractivity contribution in [3.63, 3.8) is 0 Å². The van der Waals surface area contributed by atoms with Gasteiger partial charge in [-0.25, -0.2) is 4.79 Å². The maximum absolute atomic E-state index is 12.1. The van der Waals surface area contributed by atoms with Crippen molar-refractivity contribution in [3.05, 3.63) is 29.8 Å². The molecule has 1 aromatic rings. The molecule has 24 heavy (non-hydrogen) atoms. The normalized spacial score (nSPS) is 23.3. The zero-order valence-electron chi connectivity index (χ0n) is 14.3. The van der Waals surface area contributed by atoms with Crippen molar-refractivity contribution in [3.8, 4) is 0 Å². The summed E-state index contributed by atoms with van der Waals surface area (Å²) in [7, 11) is -0.962. The second-order valence-electron chi connectivity index (χ2n) is 6.84. The predicted octanol–water partition coefficient (Wildman–Crippen LogP) is 2.24. The Morgan fingerprint density at radius 2 is 1.92 bits per heavy atom. The van der Waals surface area contributed by atoms with E-state index in [-0.39, 0.29) is 12.1 Å². The Bertz CT molecular complexity index is 584. The Hall–Kier alpha value is -1.40. The smallest absolute Gasteiger partial charge is 0.315 e. The summed E-state index contributed by atoms with van der Waals surface area (Å²) in [5, 5.41) is 6.01. The lowest BCUT2D eigenvalue weighted by Crippen LogP contribution is -2.43. The van der Waals surface area contributed by atoms with E-state index in [9.17, 15) is 9.00 Å². The molecule has 0 unspecified atom stereocenters. The molecule has 2 atom stereocenters. The largest absolute Gasteiger partial charge is 0.334 e. The van der Waals surface area contributed by atoms with Gasteiger partial charge in [-0.3, -0.25) is 9.11 Å². The molecule has 6 heteroatoms. The first-order valence-corrected chi connectivity index (χ1v) is 10.4. The highest BCUT2D eigenvalue weighted by molar-refractivity contribution is 7.84. The van der Waals surface area contributed by atoms with Crippen LogP contribution in [0.25, 0.3) is 0 Å². The fraction of sp³-hybridized carbons (Fsp3) is 0.611. The van der Waals surface area contributed by atoms with Crippen molar-refractivity contribution in [1.29, 1.82) is 0 Å². The van der Waals surface area contributed by atoms with Crippen LogP contribution in [-0.4, -0.2) is 46.6 Å². The average molecular weight is 350 g/mol. The number of hydrogen-bond donors (Lipinski definition) is 2. The quantitative estimate of drug-likeness (QED) is 0.857. The summed E-state index contributed by atoms with van der Waals surface area (Å²) in [6.07, 6.45) is 8.04. The maximum atomic E-state index is 12.1. The van der Waals surface area contributed by atoms with E-state index in [1.807, 2.05) is 24.3 Å². The van der Waals surface area contributed by atoms with Gasteiger partial charge in [0, 0.05) is 53.7 Å². The van der Waals surface area contributed by atoms with E-state index in [1.54, 1.807) is 6.26 Å². The van der Waals surface area contributed by atoms with Crippen LogP contribution in [-0.2, 0) is 17.3 Å². The first-order chi connectivity index (χ1) is 11.6. The Balaban J connectivity index is 1.40. The molecule has 1 aliphatic carbocycles. The van der Waals surface area contributed by atoms with E-state index in [1.165, 1.54) is 25.7 Å². The third kappa shape index (κ3) is 4.57. The lowest BCUT2D eigenvalue weighted by atomic mass is 10.2. The van der Waals surface area contributed by atoms with Gasteiger partial charge in [-0.1, -0.05) is 25.0 Å². The molecule has 2 N–H and O–H groups in total. The van der Waals surface area contributed by atoms with Crippen LogP contribution >= 0.6 is 0 Å². The number of urea groups is 1. The Kier molecular flexibility index (Phi) is 5.89. The number of nitrogens with one attached hydrogen (secondary N) is 2. The van der Waals surface area contributed by atoms with Crippen LogP contribution in [0.4, 0.5) is 4.79 Å². The summed E-state index contributed by atoms with van der Waals surface area (Å²) in [5.74, 6) is 0. The number of likely N-dealkylation sites (tertiary alicyclic amines) is 1. The maximum Gasteiger partial charge on any atom is 0.315 e. The van der Waals surface area contributed by atoms with Crippen molar-refractivity contribution in [2.45, 2.75) is 55.6 Å². The molecule has 1 aromatic carbocycles. The van der Waals surface area contributed by atoms with Gasteiger partial charge < -0.3 is 10.6 Å². The van der Waals surface area contributed by atoms with Crippen LogP contribution < -0.4 is 10.6 Å². The van der Waals surface area contributed by atoms with Crippen LogP contribution in [0.5, 0.6) is 0 Å². The van der Waals surface area contributed by atoms with Crippen LogP contribution in [0.15, 0.2) is 29.2 Å². The molecule has 0 radical (unpaired) electrons. The van der Waals surface area contributed by atoms with E-state index in [0.717, 1.165) is 36.0 Å². The number of benzene rings is 1. The van der Waals surface area contributed by atoms with Crippen molar-refractivity contribution in [2.75, 3.05) is 19.3 Å². The van der Waals surface area contributed by atoms with Crippen LogP contribution in [0.2, 0.25) is 0 Å². The Labute approximate surface area is 146 Å². The highest BCUT2D eigenvalue weighted by Crippen LogP contribution is 2.26. The molecule has 0 spiro atoms. The highest BCUT2D eigenvalue weighted by Gasteiger charge is 2.30. The molecule has 1 saturated carbocycles. The molecule has 1 saturated heterocycles. The summed E-state index contributed by atoms with van der Waals surface area (Å²) in [4.78, 5) is 15.4. The molecule has 0 aromatic heterocycles. The average Bonchev–Trinajstić information content (AvgIpc) is 3.24. The fourth-order valence-electron chi connectivity index (χ4n) is 3.72. The third-order valence-electron chi connectivity index (χ3n) is 5.10. The summed E-state index contributed by atoms with van der Waals surface area (Å²) in [6.45, 7) is 2.57. The third-order valence-corrected chi connectivity index (χ3v) is 6.04. The summed E-state index contributed by atoms with van der Waals surface area (Å²) < 4.78 is 11.4. The molecule has 1 heterocycles. The first kappa shape index (κ1) is 17.4. The van der Waals surface area contributed by atoms with Gasteiger partial charge in [0.05, 0.1) is 0 Å². The standard InChI is InChI=1S/C18H27N3O2S/c1-24(23)17-8-6-14(7-9-17)12-19-18(22)20-15-10-11-21(13-15)16-4-2-3-5-16/h6-9,15-16H,2-5,10-13H2,1H3,(H2,19,20,22)/t15-,24-/m1/s1.